The molecule has 0 saturated carbocycles. The molecule has 0 bridgehead atoms. The molecular weight excluding hydrogens is 340 g/mol. The molecule has 140 valence electrons. The van der Waals surface area contributed by atoms with E-state index in [2.05, 4.69) is 21.3 Å². The molecule has 0 aliphatic carbocycles. The number of hydrogen-bond donors (Lipinski definition) is 1. The number of rotatable bonds is 6. The predicted molar refractivity (Wildman–Crippen MR) is 103 cm³/mol. The van der Waals surface area contributed by atoms with Crippen molar-refractivity contribution in [1.29, 1.82) is 5.26 Å². The summed E-state index contributed by atoms with van der Waals surface area (Å²) in [6.07, 6.45) is 3.10. The standard InChI is InChI=1S/C21H24N4O2/c1-16(27-19-7-3-2-4-8-19)21(26)24-15-17-9-12-25(13-10-17)20-18(14-22)6-5-11-23-20/h2-8,11,16-17H,9-10,12-13,15H2,1H3,(H,24,26)/t16-/m1/s1. The summed E-state index contributed by atoms with van der Waals surface area (Å²) >= 11 is 0. The van der Waals surface area contributed by atoms with E-state index in [1.807, 2.05) is 30.3 Å². The highest BCUT2D eigenvalue weighted by Gasteiger charge is 2.23. The summed E-state index contributed by atoms with van der Waals surface area (Å²) in [5, 5.41) is 12.2. The van der Waals surface area contributed by atoms with Gasteiger partial charge in [-0.05, 0) is 49.9 Å². The van der Waals surface area contributed by atoms with Gasteiger partial charge >= 0.3 is 0 Å². The first-order chi connectivity index (χ1) is 13.2. The number of carbonyl (C=O) groups is 1. The number of nitrogens with zero attached hydrogens (tertiary/aromatic N) is 3. The van der Waals surface area contributed by atoms with E-state index in [1.165, 1.54) is 0 Å². The molecule has 1 atom stereocenters. The van der Waals surface area contributed by atoms with Crippen molar-refractivity contribution in [2.75, 3.05) is 24.5 Å². The van der Waals surface area contributed by atoms with Crippen molar-refractivity contribution in [3.63, 3.8) is 0 Å². The SMILES string of the molecule is C[C@@H](Oc1ccccc1)C(=O)NCC1CCN(c2ncccc2C#N)CC1. The van der Waals surface area contributed by atoms with Crippen LogP contribution in [0.5, 0.6) is 5.75 Å². The Bertz CT molecular complexity index is 795. The topological polar surface area (TPSA) is 78.2 Å². The molecule has 3 rings (SSSR count). The van der Waals surface area contributed by atoms with Gasteiger partial charge in [0.15, 0.2) is 6.10 Å². The van der Waals surface area contributed by atoms with Gasteiger partial charge in [0.05, 0.1) is 5.56 Å². The summed E-state index contributed by atoms with van der Waals surface area (Å²) in [4.78, 5) is 18.8. The van der Waals surface area contributed by atoms with Crippen molar-refractivity contribution >= 4 is 11.7 Å². The minimum atomic E-state index is -0.529. The monoisotopic (exact) mass is 364 g/mol. The second-order valence-electron chi connectivity index (χ2n) is 6.74. The maximum atomic E-state index is 12.3. The number of nitriles is 1. The Hall–Kier alpha value is -3.07. The highest BCUT2D eigenvalue weighted by molar-refractivity contribution is 5.80. The molecule has 1 amide bonds. The molecule has 0 unspecified atom stereocenters. The number of hydrogen-bond acceptors (Lipinski definition) is 5. The average Bonchev–Trinajstić information content (AvgIpc) is 2.73. The van der Waals surface area contributed by atoms with Gasteiger partial charge in [-0.15, -0.1) is 0 Å². The first-order valence-corrected chi connectivity index (χ1v) is 9.27. The molecule has 0 radical (unpaired) electrons. The summed E-state index contributed by atoms with van der Waals surface area (Å²) in [7, 11) is 0. The van der Waals surface area contributed by atoms with E-state index in [4.69, 9.17) is 4.74 Å². The lowest BCUT2D eigenvalue weighted by molar-refractivity contribution is -0.127. The Labute approximate surface area is 159 Å². The lowest BCUT2D eigenvalue weighted by Gasteiger charge is -2.33. The van der Waals surface area contributed by atoms with Gasteiger partial charge < -0.3 is 15.0 Å². The Balaban J connectivity index is 1.44. The number of pyridine rings is 1. The van der Waals surface area contributed by atoms with Crippen LogP contribution in [0.4, 0.5) is 5.82 Å². The van der Waals surface area contributed by atoms with Gasteiger partial charge in [0.25, 0.3) is 5.91 Å². The normalized spacial score (nSPS) is 15.6. The van der Waals surface area contributed by atoms with Crippen molar-refractivity contribution in [3.05, 3.63) is 54.2 Å². The third-order valence-electron chi connectivity index (χ3n) is 4.81. The maximum absolute atomic E-state index is 12.3. The number of nitrogens with one attached hydrogen (secondary N) is 1. The fraction of sp³-hybridized carbons (Fsp3) is 0.381. The second-order valence-corrected chi connectivity index (χ2v) is 6.74. The van der Waals surface area contributed by atoms with Gasteiger partial charge in [0, 0.05) is 25.8 Å². The predicted octanol–water partition coefficient (Wildman–Crippen LogP) is 2.75. The van der Waals surface area contributed by atoms with Crippen LogP contribution in [-0.4, -0.2) is 36.6 Å². The molecule has 0 spiro atoms. The lowest BCUT2D eigenvalue weighted by Crippen LogP contribution is -2.42. The van der Waals surface area contributed by atoms with Crippen LogP contribution >= 0.6 is 0 Å². The Morgan fingerprint density at radius 3 is 2.74 bits per heavy atom. The Kier molecular flexibility index (Phi) is 6.26. The number of benzene rings is 1. The molecule has 6 heteroatoms. The number of anilines is 1. The minimum Gasteiger partial charge on any atom is -0.481 e. The summed E-state index contributed by atoms with van der Waals surface area (Å²) < 4.78 is 5.66. The van der Waals surface area contributed by atoms with Crippen LogP contribution in [0.2, 0.25) is 0 Å². The molecular formula is C21H24N4O2. The molecule has 1 fully saturated rings. The number of piperidine rings is 1. The van der Waals surface area contributed by atoms with Crippen molar-refractivity contribution < 1.29 is 9.53 Å². The van der Waals surface area contributed by atoms with Crippen molar-refractivity contribution in [1.82, 2.24) is 10.3 Å². The van der Waals surface area contributed by atoms with E-state index in [-0.39, 0.29) is 5.91 Å². The molecule has 2 aromatic rings. The molecule has 27 heavy (non-hydrogen) atoms. The molecule has 1 aliphatic heterocycles. The van der Waals surface area contributed by atoms with Gasteiger partial charge in [0.1, 0.15) is 17.6 Å². The zero-order valence-electron chi connectivity index (χ0n) is 15.5. The van der Waals surface area contributed by atoms with E-state index in [0.29, 0.717) is 23.8 Å². The molecule has 6 nitrogen and oxygen atoms in total. The van der Waals surface area contributed by atoms with E-state index in [0.717, 1.165) is 31.7 Å². The van der Waals surface area contributed by atoms with Crippen LogP contribution in [0, 0.1) is 17.2 Å². The van der Waals surface area contributed by atoms with Gasteiger partial charge in [-0.3, -0.25) is 4.79 Å². The van der Waals surface area contributed by atoms with Crippen LogP contribution in [-0.2, 0) is 4.79 Å². The first kappa shape index (κ1) is 18.7. The van der Waals surface area contributed by atoms with Gasteiger partial charge in [0.2, 0.25) is 0 Å². The summed E-state index contributed by atoms with van der Waals surface area (Å²) in [6, 6.07) is 15.1. The molecule has 1 aromatic heterocycles. The fourth-order valence-corrected chi connectivity index (χ4v) is 3.23. The van der Waals surface area contributed by atoms with Crippen LogP contribution in [0.1, 0.15) is 25.3 Å². The van der Waals surface area contributed by atoms with E-state index < -0.39 is 6.10 Å². The third-order valence-corrected chi connectivity index (χ3v) is 4.81. The van der Waals surface area contributed by atoms with Crippen molar-refractivity contribution in [2.45, 2.75) is 25.9 Å². The molecule has 2 heterocycles. The maximum Gasteiger partial charge on any atom is 0.260 e. The van der Waals surface area contributed by atoms with Crippen LogP contribution in [0.15, 0.2) is 48.7 Å². The molecule has 1 N–H and O–H groups in total. The zero-order valence-corrected chi connectivity index (χ0v) is 15.5. The van der Waals surface area contributed by atoms with Gasteiger partial charge in [-0.1, -0.05) is 18.2 Å². The first-order valence-electron chi connectivity index (χ1n) is 9.27. The average molecular weight is 364 g/mol. The largest absolute Gasteiger partial charge is 0.481 e. The summed E-state index contributed by atoms with van der Waals surface area (Å²) in [5.41, 5.74) is 0.608. The van der Waals surface area contributed by atoms with E-state index >= 15 is 0 Å². The number of aromatic nitrogens is 1. The number of para-hydroxylation sites is 1. The quantitative estimate of drug-likeness (QED) is 0.853. The molecule has 1 saturated heterocycles. The summed E-state index contributed by atoms with van der Waals surface area (Å²) in [6.45, 7) is 4.07. The highest BCUT2D eigenvalue weighted by Crippen LogP contribution is 2.23. The van der Waals surface area contributed by atoms with E-state index in [9.17, 15) is 10.1 Å². The smallest absolute Gasteiger partial charge is 0.260 e. The van der Waals surface area contributed by atoms with Gasteiger partial charge in [-0.2, -0.15) is 5.26 Å². The number of carbonyl (C=O) groups excluding carboxylic acids is 1. The number of amides is 1. The van der Waals surface area contributed by atoms with Crippen LogP contribution in [0.3, 0.4) is 0 Å². The van der Waals surface area contributed by atoms with E-state index in [1.54, 1.807) is 25.3 Å². The Morgan fingerprint density at radius 1 is 1.30 bits per heavy atom. The van der Waals surface area contributed by atoms with Crippen LogP contribution < -0.4 is 15.0 Å². The highest BCUT2D eigenvalue weighted by atomic mass is 16.5. The van der Waals surface area contributed by atoms with Crippen LogP contribution in [0.25, 0.3) is 0 Å². The van der Waals surface area contributed by atoms with Crippen molar-refractivity contribution in [2.24, 2.45) is 5.92 Å². The second kappa shape index (κ2) is 9.04. The molecule has 1 aromatic carbocycles. The van der Waals surface area contributed by atoms with Gasteiger partial charge in [-0.25, -0.2) is 4.98 Å². The molecule has 1 aliphatic rings. The zero-order chi connectivity index (χ0) is 19.1. The number of ether oxygens (including phenoxy) is 1. The third kappa shape index (κ3) is 4.98. The minimum absolute atomic E-state index is 0.0993. The Morgan fingerprint density at radius 2 is 2.04 bits per heavy atom. The fourth-order valence-electron chi connectivity index (χ4n) is 3.23. The summed E-state index contributed by atoms with van der Waals surface area (Å²) in [5.74, 6) is 1.77. The lowest BCUT2D eigenvalue weighted by atomic mass is 9.96. The van der Waals surface area contributed by atoms with Crippen molar-refractivity contribution in [3.8, 4) is 11.8 Å².